The first-order valence-corrected chi connectivity index (χ1v) is 8.65. The van der Waals surface area contributed by atoms with E-state index in [0.29, 0.717) is 43.2 Å². The Bertz CT molecular complexity index is 1110. The predicted molar refractivity (Wildman–Crippen MR) is 103 cm³/mol. The van der Waals surface area contributed by atoms with E-state index in [0.717, 1.165) is 0 Å². The summed E-state index contributed by atoms with van der Waals surface area (Å²) >= 11 is 18.1. The Morgan fingerprint density at radius 3 is 2.42 bits per heavy atom. The minimum absolute atomic E-state index is 0.117. The lowest BCUT2D eigenvalue weighted by Crippen LogP contribution is -2.00. The summed E-state index contributed by atoms with van der Waals surface area (Å²) in [5, 5.41) is 12.3. The van der Waals surface area contributed by atoms with Crippen LogP contribution in [0.5, 0.6) is 5.75 Å². The van der Waals surface area contributed by atoms with Crippen LogP contribution in [0.3, 0.4) is 0 Å². The highest BCUT2D eigenvalue weighted by molar-refractivity contribution is 6.38. The quantitative estimate of drug-likeness (QED) is 0.378. The van der Waals surface area contributed by atoms with Gasteiger partial charge < -0.3 is 13.9 Å². The van der Waals surface area contributed by atoms with Crippen LogP contribution in [0.2, 0.25) is 15.1 Å². The number of rotatable bonds is 3. The van der Waals surface area contributed by atoms with Gasteiger partial charge in [0, 0.05) is 10.0 Å². The van der Waals surface area contributed by atoms with Gasteiger partial charge in [0.2, 0.25) is 0 Å². The maximum atomic E-state index is 10.7. The first-order valence-electron chi connectivity index (χ1n) is 7.52. The molecule has 4 rings (SSSR count). The van der Waals surface area contributed by atoms with Crippen LogP contribution in [-0.2, 0) is 0 Å². The second-order valence-electron chi connectivity index (χ2n) is 5.46. The fourth-order valence-electron chi connectivity index (χ4n) is 2.55. The van der Waals surface area contributed by atoms with Crippen LogP contribution in [0.25, 0.3) is 11.0 Å². The van der Waals surface area contributed by atoms with Crippen molar-refractivity contribution in [2.75, 3.05) is 0 Å². The van der Waals surface area contributed by atoms with Gasteiger partial charge in [0.05, 0.1) is 22.4 Å². The average Bonchev–Trinajstić information content (AvgIpc) is 3.24. The molecule has 130 valence electrons. The van der Waals surface area contributed by atoms with Crippen molar-refractivity contribution in [2.24, 2.45) is 4.99 Å². The summed E-state index contributed by atoms with van der Waals surface area (Å²) < 4.78 is 11.3. The molecule has 0 aliphatic carbocycles. The van der Waals surface area contributed by atoms with Gasteiger partial charge in [-0.1, -0.05) is 34.8 Å². The summed E-state index contributed by atoms with van der Waals surface area (Å²) in [5.74, 6) is 0.444. The fraction of sp³-hybridized carbons (Fsp3) is 0. The van der Waals surface area contributed by atoms with Crippen molar-refractivity contribution >= 4 is 57.2 Å². The number of aromatic hydroxyl groups is 1. The average molecular weight is 407 g/mol. The van der Waals surface area contributed by atoms with Crippen molar-refractivity contribution in [2.45, 2.75) is 0 Å². The SMILES string of the molecule is Oc1c(C(=Nc2ccc(Cl)cc2)c2ccco2)oc2c(Cl)cc(Cl)cc12. The molecule has 0 aliphatic heterocycles. The highest BCUT2D eigenvalue weighted by Crippen LogP contribution is 2.39. The molecule has 0 saturated carbocycles. The number of fused-ring (bicyclic) bond motifs is 1. The number of hydrogen-bond acceptors (Lipinski definition) is 4. The van der Waals surface area contributed by atoms with E-state index in [1.807, 2.05) is 0 Å². The normalized spacial score (nSPS) is 12.0. The lowest BCUT2D eigenvalue weighted by atomic mass is 10.1. The smallest absolute Gasteiger partial charge is 0.199 e. The monoisotopic (exact) mass is 405 g/mol. The lowest BCUT2D eigenvalue weighted by Gasteiger charge is -2.02. The molecule has 7 heteroatoms. The molecule has 0 spiro atoms. The van der Waals surface area contributed by atoms with Crippen LogP contribution < -0.4 is 0 Å². The van der Waals surface area contributed by atoms with Gasteiger partial charge in [-0.15, -0.1) is 0 Å². The Morgan fingerprint density at radius 1 is 0.962 bits per heavy atom. The van der Waals surface area contributed by atoms with Gasteiger partial charge in [-0.3, -0.25) is 0 Å². The molecule has 2 heterocycles. The van der Waals surface area contributed by atoms with Gasteiger partial charge in [0.25, 0.3) is 0 Å². The van der Waals surface area contributed by atoms with Crippen LogP contribution in [0.15, 0.2) is 68.6 Å². The van der Waals surface area contributed by atoms with Crippen LogP contribution in [0.1, 0.15) is 11.5 Å². The summed E-state index contributed by atoms with van der Waals surface area (Å²) in [5.41, 5.74) is 1.25. The van der Waals surface area contributed by atoms with Gasteiger partial charge in [0.1, 0.15) is 0 Å². The number of halogens is 3. The Balaban J connectivity index is 1.96. The maximum Gasteiger partial charge on any atom is 0.199 e. The molecular formula is C19H10Cl3NO3. The molecule has 26 heavy (non-hydrogen) atoms. The number of aliphatic imine (C=N–C) groups is 1. The van der Waals surface area contributed by atoms with Crippen molar-refractivity contribution < 1.29 is 13.9 Å². The van der Waals surface area contributed by atoms with Crippen molar-refractivity contribution in [3.8, 4) is 5.75 Å². The Labute approximate surface area is 163 Å². The molecule has 0 atom stereocenters. The molecule has 0 aliphatic rings. The van der Waals surface area contributed by atoms with Gasteiger partial charge in [-0.25, -0.2) is 4.99 Å². The second kappa shape index (κ2) is 6.72. The first-order chi connectivity index (χ1) is 12.5. The van der Waals surface area contributed by atoms with E-state index in [1.165, 1.54) is 6.26 Å². The number of hydrogen-bond donors (Lipinski definition) is 1. The van der Waals surface area contributed by atoms with Crippen molar-refractivity contribution in [3.05, 3.63) is 81.4 Å². The van der Waals surface area contributed by atoms with E-state index in [4.69, 9.17) is 43.6 Å². The largest absolute Gasteiger partial charge is 0.504 e. The molecule has 0 unspecified atom stereocenters. The molecule has 1 N–H and O–H groups in total. The molecule has 4 nitrogen and oxygen atoms in total. The molecule has 2 aromatic heterocycles. The standard InChI is InChI=1S/C19H10Cl3NO3/c20-10-3-5-12(6-4-10)23-16(15-2-1-7-25-15)19-17(24)13-8-11(21)9-14(22)18(13)26-19/h1-9,24H. The van der Waals surface area contributed by atoms with E-state index in [1.54, 1.807) is 48.5 Å². The maximum absolute atomic E-state index is 10.7. The molecule has 4 aromatic rings. The van der Waals surface area contributed by atoms with Crippen LogP contribution in [0, 0.1) is 0 Å². The molecule has 0 amide bonds. The Hall–Kier alpha value is -2.40. The van der Waals surface area contributed by atoms with E-state index in [2.05, 4.69) is 4.99 Å². The Morgan fingerprint density at radius 2 is 1.73 bits per heavy atom. The first kappa shape index (κ1) is 17.0. The van der Waals surface area contributed by atoms with Crippen molar-refractivity contribution in [3.63, 3.8) is 0 Å². The molecule has 0 saturated heterocycles. The third kappa shape index (κ3) is 3.07. The zero-order valence-corrected chi connectivity index (χ0v) is 15.3. The molecule has 0 bridgehead atoms. The third-order valence-corrected chi connectivity index (χ3v) is 4.47. The van der Waals surface area contributed by atoms with E-state index in [9.17, 15) is 5.11 Å². The fourth-order valence-corrected chi connectivity index (χ4v) is 3.21. The summed E-state index contributed by atoms with van der Waals surface area (Å²) in [6, 6.07) is 13.5. The summed E-state index contributed by atoms with van der Waals surface area (Å²) in [7, 11) is 0. The van der Waals surface area contributed by atoms with E-state index < -0.39 is 0 Å². The number of furan rings is 2. The molecule has 0 radical (unpaired) electrons. The summed E-state index contributed by atoms with van der Waals surface area (Å²) in [4.78, 5) is 4.56. The summed E-state index contributed by atoms with van der Waals surface area (Å²) in [6.45, 7) is 0. The zero-order chi connectivity index (χ0) is 18.3. The van der Waals surface area contributed by atoms with E-state index in [-0.39, 0.29) is 11.5 Å². The van der Waals surface area contributed by atoms with Gasteiger partial charge in [-0.05, 0) is 48.5 Å². The highest BCUT2D eigenvalue weighted by atomic mass is 35.5. The molecular weight excluding hydrogens is 397 g/mol. The van der Waals surface area contributed by atoms with Crippen molar-refractivity contribution in [1.29, 1.82) is 0 Å². The number of nitrogens with zero attached hydrogens (tertiary/aromatic N) is 1. The van der Waals surface area contributed by atoms with Gasteiger partial charge in [0.15, 0.2) is 28.6 Å². The minimum atomic E-state index is -0.117. The minimum Gasteiger partial charge on any atom is -0.504 e. The predicted octanol–water partition coefficient (Wildman–Crippen LogP) is 6.86. The second-order valence-corrected chi connectivity index (χ2v) is 6.74. The zero-order valence-electron chi connectivity index (χ0n) is 13.0. The van der Waals surface area contributed by atoms with Crippen LogP contribution in [0.4, 0.5) is 5.69 Å². The van der Waals surface area contributed by atoms with E-state index >= 15 is 0 Å². The van der Waals surface area contributed by atoms with Crippen LogP contribution in [-0.4, -0.2) is 10.8 Å². The van der Waals surface area contributed by atoms with Gasteiger partial charge >= 0.3 is 0 Å². The summed E-state index contributed by atoms with van der Waals surface area (Å²) in [6.07, 6.45) is 1.51. The van der Waals surface area contributed by atoms with Crippen LogP contribution >= 0.6 is 34.8 Å². The van der Waals surface area contributed by atoms with Crippen molar-refractivity contribution in [1.82, 2.24) is 0 Å². The molecule has 0 fully saturated rings. The molecule has 2 aromatic carbocycles. The highest BCUT2D eigenvalue weighted by Gasteiger charge is 2.23. The van der Waals surface area contributed by atoms with Gasteiger partial charge in [-0.2, -0.15) is 0 Å². The third-order valence-electron chi connectivity index (χ3n) is 3.72. The number of benzene rings is 2. The Kier molecular flexibility index (Phi) is 4.41. The lowest BCUT2D eigenvalue weighted by molar-refractivity contribution is 0.459. The topological polar surface area (TPSA) is 58.9 Å².